The average Bonchev–Trinajstić information content (AvgIpc) is 3.52. The summed E-state index contributed by atoms with van der Waals surface area (Å²) in [6.45, 7) is 29.5. The summed E-state index contributed by atoms with van der Waals surface area (Å²) in [6.07, 6.45) is 8.57. The van der Waals surface area contributed by atoms with E-state index in [0.29, 0.717) is 11.8 Å². The molecule has 4 aliphatic rings. The van der Waals surface area contributed by atoms with Crippen molar-refractivity contribution in [2.75, 3.05) is 0 Å². The first-order valence-electron chi connectivity index (χ1n) is 18.2. The second-order valence-electron chi connectivity index (χ2n) is 19.2. The molecule has 0 nitrogen and oxygen atoms in total. The maximum Gasteiger partial charge on any atom is 0.0208 e. The van der Waals surface area contributed by atoms with Crippen molar-refractivity contribution in [2.45, 2.75) is 149 Å². The van der Waals surface area contributed by atoms with Crippen molar-refractivity contribution in [3.05, 3.63) is 116 Å². The largest absolute Gasteiger partial charge is 0.0622 e. The molecule has 4 aliphatic carbocycles. The average molecular weight is 611 g/mol. The lowest BCUT2D eigenvalue weighted by molar-refractivity contribution is 0.331. The van der Waals surface area contributed by atoms with Crippen LogP contribution in [0.4, 0.5) is 0 Å². The monoisotopic (exact) mass is 610 g/mol. The van der Waals surface area contributed by atoms with Gasteiger partial charge in [0.25, 0.3) is 0 Å². The van der Waals surface area contributed by atoms with Crippen molar-refractivity contribution in [1.29, 1.82) is 0 Å². The highest BCUT2D eigenvalue weighted by Crippen LogP contribution is 2.61. The predicted molar refractivity (Wildman–Crippen MR) is 198 cm³/mol. The van der Waals surface area contributed by atoms with Crippen LogP contribution in [-0.2, 0) is 21.7 Å². The van der Waals surface area contributed by atoms with Crippen LogP contribution in [0.15, 0.2) is 77.4 Å². The first-order chi connectivity index (χ1) is 21.3. The second-order valence-corrected chi connectivity index (χ2v) is 19.2. The smallest absolute Gasteiger partial charge is 0.0208 e. The van der Waals surface area contributed by atoms with Crippen molar-refractivity contribution < 1.29 is 0 Å². The van der Waals surface area contributed by atoms with Gasteiger partial charge in [-0.05, 0) is 116 Å². The highest BCUT2D eigenvalue weighted by atomic mass is 14.5. The normalized spacial score (nSPS) is 22.9. The summed E-state index contributed by atoms with van der Waals surface area (Å²) >= 11 is 0. The first kappa shape index (κ1) is 31.7. The lowest BCUT2D eigenvalue weighted by Gasteiger charge is -2.42. The number of hydrogen-bond donors (Lipinski definition) is 0. The van der Waals surface area contributed by atoms with Gasteiger partial charge in [0.2, 0.25) is 0 Å². The van der Waals surface area contributed by atoms with E-state index in [9.17, 15) is 0 Å². The van der Waals surface area contributed by atoms with Crippen molar-refractivity contribution in [3.63, 3.8) is 0 Å². The molecule has 0 N–H and O–H groups in total. The molecule has 242 valence electrons. The van der Waals surface area contributed by atoms with E-state index >= 15 is 0 Å². The molecule has 1 unspecified atom stereocenters. The molecule has 1 atom stereocenters. The fourth-order valence-corrected chi connectivity index (χ4v) is 9.61. The summed E-state index contributed by atoms with van der Waals surface area (Å²) in [5, 5.41) is 0. The molecule has 7 rings (SSSR count). The van der Waals surface area contributed by atoms with Gasteiger partial charge in [0.1, 0.15) is 0 Å². The van der Waals surface area contributed by atoms with Crippen LogP contribution in [0.25, 0.3) is 11.1 Å². The molecule has 0 bridgehead atoms. The van der Waals surface area contributed by atoms with Gasteiger partial charge in [-0.25, -0.2) is 0 Å². The van der Waals surface area contributed by atoms with E-state index in [4.69, 9.17) is 0 Å². The molecule has 0 fully saturated rings. The van der Waals surface area contributed by atoms with Crippen LogP contribution in [0.5, 0.6) is 0 Å². The number of allylic oxidation sites excluding steroid dienone is 4. The van der Waals surface area contributed by atoms with Crippen LogP contribution in [0, 0.1) is 5.41 Å². The van der Waals surface area contributed by atoms with Gasteiger partial charge in [-0.1, -0.05) is 154 Å². The van der Waals surface area contributed by atoms with Gasteiger partial charge < -0.3 is 0 Å². The van der Waals surface area contributed by atoms with E-state index in [1.165, 1.54) is 47.9 Å². The summed E-state index contributed by atoms with van der Waals surface area (Å²) in [7, 11) is 0. The third-order valence-electron chi connectivity index (χ3n) is 13.1. The van der Waals surface area contributed by atoms with Gasteiger partial charge >= 0.3 is 0 Å². The van der Waals surface area contributed by atoms with E-state index in [1.807, 2.05) is 0 Å². The Bertz CT molecular complexity index is 1710. The minimum absolute atomic E-state index is 0.166. The Balaban J connectivity index is 1.55. The number of benzene rings is 3. The molecular weight excluding hydrogens is 553 g/mol. The van der Waals surface area contributed by atoms with E-state index in [2.05, 4.69) is 144 Å². The second kappa shape index (κ2) is 10.1. The van der Waals surface area contributed by atoms with E-state index in [0.717, 1.165) is 6.42 Å². The molecule has 3 aromatic carbocycles. The van der Waals surface area contributed by atoms with Gasteiger partial charge in [-0.3, -0.25) is 0 Å². The van der Waals surface area contributed by atoms with Gasteiger partial charge in [-0.15, -0.1) is 0 Å². The lowest BCUT2D eigenvalue weighted by atomic mass is 9.62. The Kier molecular flexibility index (Phi) is 6.95. The van der Waals surface area contributed by atoms with Crippen LogP contribution < -0.4 is 0 Å². The van der Waals surface area contributed by atoms with Crippen LogP contribution >= 0.6 is 0 Å². The maximum absolute atomic E-state index is 2.71. The standard InChI is InChI=1S/C46H58/c1-28-22-30(42(2,3)4)23-31(28)40(29-16-14-13-15-17-29)41-34-26-38-36(43(5,6)18-20-45(38,9)10)24-32(34)33-25-37-39(27-35(33)41)46(11,12)21-19-44(37,7)8/h13-17,22,24-27,40-41H,18-21,23H2,1-12H3. The molecule has 0 aliphatic heterocycles. The molecule has 0 amide bonds. The summed E-state index contributed by atoms with van der Waals surface area (Å²) in [5.41, 5.74) is 19.5. The van der Waals surface area contributed by atoms with Crippen molar-refractivity contribution in [3.8, 4) is 11.1 Å². The van der Waals surface area contributed by atoms with E-state index in [-0.39, 0.29) is 27.1 Å². The molecule has 3 aromatic rings. The highest BCUT2D eigenvalue weighted by molar-refractivity contribution is 5.83. The third-order valence-corrected chi connectivity index (χ3v) is 13.1. The maximum atomic E-state index is 2.71. The number of fused-ring (bicyclic) bond motifs is 5. The zero-order valence-electron chi connectivity index (χ0n) is 31.0. The molecule has 0 aromatic heterocycles. The Morgan fingerprint density at radius 1 is 0.609 bits per heavy atom. The van der Waals surface area contributed by atoms with Crippen LogP contribution in [0.1, 0.15) is 166 Å². The molecule has 0 spiro atoms. The Morgan fingerprint density at radius 2 is 1.02 bits per heavy atom. The zero-order valence-corrected chi connectivity index (χ0v) is 31.0. The topological polar surface area (TPSA) is 0 Å². The lowest BCUT2D eigenvalue weighted by Crippen LogP contribution is -2.34. The van der Waals surface area contributed by atoms with Crippen LogP contribution in [0.3, 0.4) is 0 Å². The minimum Gasteiger partial charge on any atom is -0.0622 e. The summed E-state index contributed by atoms with van der Waals surface area (Å²) < 4.78 is 0. The van der Waals surface area contributed by atoms with Gasteiger partial charge in [0, 0.05) is 11.8 Å². The summed E-state index contributed by atoms with van der Waals surface area (Å²) in [5.74, 6) is 0.593. The minimum atomic E-state index is 0.166. The predicted octanol–water partition coefficient (Wildman–Crippen LogP) is 13.0. The Hall–Kier alpha value is -2.86. The first-order valence-corrected chi connectivity index (χ1v) is 18.2. The van der Waals surface area contributed by atoms with Crippen molar-refractivity contribution >= 4 is 0 Å². The molecule has 46 heavy (non-hydrogen) atoms. The molecule has 0 heterocycles. The van der Waals surface area contributed by atoms with Gasteiger partial charge in [-0.2, -0.15) is 0 Å². The SMILES string of the molecule is CC1=C(C(c2ccccc2)C2c3cc4c(cc3-c3cc5c(cc32)C(C)(C)CCC5(C)C)C(C)(C)CCC4(C)C)CC(C(C)(C)C)=C1. The third kappa shape index (κ3) is 4.83. The van der Waals surface area contributed by atoms with E-state index < -0.39 is 0 Å². The fourth-order valence-electron chi connectivity index (χ4n) is 9.61. The van der Waals surface area contributed by atoms with Gasteiger partial charge in [0.15, 0.2) is 0 Å². The number of hydrogen-bond acceptors (Lipinski definition) is 0. The molecule has 0 saturated carbocycles. The fraction of sp³-hybridized carbons (Fsp3) is 0.522. The van der Waals surface area contributed by atoms with Gasteiger partial charge in [0.05, 0.1) is 0 Å². The van der Waals surface area contributed by atoms with E-state index in [1.54, 1.807) is 44.5 Å². The molecule has 0 heteroatoms. The molecule has 0 radical (unpaired) electrons. The Labute approximate surface area is 280 Å². The summed E-state index contributed by atoms with van der Waals surface area (Å²) in [6, 6.07) is 22.3. The summed E-state index contributed by atoms with van der Waals surface area (Å²) in [4.78, 5) is 0. The van der Waals surface area contributed by atoms with Crippen molar-refractivity contribution in [1.82, 2.24) is 0 Å². The van der Waals surface area contributed by atoms with Crippen LogP contribution in [-0.4, -0.2) is 0 Å². The molecular formula is C46H58. The van der Waals surface area contributed by atoms with Crippen LogP contribution in [0.2, 0.25) is 0 Å². The van der Waals surface area contributed by atoms with Crippen molar-refractivity contribution in [2.24, 2.45) is 5.41 Å². The zero-order chi connectivity index (χ0) is 33.2. The quantitative estimate of drug-likeness (QED) is 0.277. The Morgan fingerprint density at radius 3 is 1.41 bits per heavy atom. The highest BCUT2D eigenvalue weighted by Gasteiger charge is 2.46. The number of rotatable bonds is 3. The molecule has 0 saturated heterocycles.